The maximum Gasteiger partial charge on any atom is 0.471 e. The van der Waals surface area contributed by atoms with Gasteiger partial charge in [-0.1, -0.05) is 30.3 Å². The van der Waals surface area contributed by atoms with E-state index in [1.807, 2.05) is 0 Å². The Morgan fingerprint density at radius 1 is 1.03 bits per heavy atom. The SMILES string of the molecule is O=C(CNC(=O)C(F)(F)F)c1ccc(CN(C(=O)N2CCOCC2)c2cccc(F)c2)cc1. The molecular weight excluding hydrogens is 446 g/mol. The number of carbonyl (C=O) groups is 3. The molecule has 1 fully saturated rings. The topological polar surface area (TPSA) is 79.0 Å². The molecule has 3 rings (SSSR count). The van der Waals surface area contributed by atoms with Gasteiger partial charge in [0.15, 0.2) is 5.78 Å². The number of morpholine rings is 1. The summed E-state index contributed by atoms with van der Waals surface area (Å²) in [5.41, 5.74) is 1.05. The van der Waals surface area contributed by atoms with Crippen LogP contribution in [0.25, 0.3) is 0 Å². The first kappa shape index (κ1) is 24.2. The third kappa shape index (κ3) is 6.51. The molecule has 0 saturated carbocycles. The number of halogens is 4. The number of Topliss-reactive ketones (excluding diaryl/α,β-unsaturated/α-hetero) is 1. The van der Waals surface area contributed by atoms with Gasteiger partial charge in [-0.3, -0.25) is 14.5 Å². The summed E-state index contributed by atoms with van der Waals surface area (Å²) in [6, 6.07) is 11.1. The molecule has 1 heterocycles. The minimum atomic E-state index is -5.07. The number of alkyl halides is 3. The Kier molecular flexibility index (Phi) is 7.64. The normalized spacial score (nSPS) is 14.0. The molecule has 1 aliphatic heterocycles. The summed E-state index contributed by atoms with van der Waals surface area (Å²) in [7, 11) is 0. The van der Waals surface area contributed by atoms with Crippen LogP contribution in [0.1, 0.15) is 15.9 Å². The van der Waals surface area contributed by atoms with Crippen molar-refractivity contribution in [3.8, 4) is 0 Å². The van der Waals surface area contributed by atoms with Crippen LogP contribution in [0.5, 0.6) is 0 Å². The summed E-state index contributed by atoms with van der Waals surface area (Å²) in [4.78, 5) is 39.0. The van der Waals surface area contributed by atoms with Crippen LogP contribution in [-0.2, 0) is 16.1 Å². The van der Waals surface area contributed by atoms with Crippen molar-refractivity contribution in [2.24, 2.45) is 0 Å². The van der Waals surface area contributed by atoms with Gasteiger partial charge in [0, 0.05) is 24.3 Å². The van der Waals surface area contributed by atoms with E-state index in [0.717, 1.165) is 0 Å². The van der Waals surface area contributed by atoms with Crippen LogP contribution >= 0.6 is 0 Å². The molecule has 0 aromatic heterocycles. The fraction of sp³-hybridized carbons (Fsp3) is 0.318. The molecule has 176 valence electrons. The number of hydrogen-bond donors (Lipinski definition) is 1. The molecule has 0 radical (unpaired) electrons. The van der Waals surface area contributed by atoms with Gasteiger partial charge in [-0.05, 0) is 23.8 Å². The fourth-order valence-corrected chi connectivity index (χ4v) is 3.18. The number of urea groups is 1. The van der Waals surface area contributed by atoms with E-state index in [4.69, 9.17) is 4.74 Å². The number of hydrogen-bond acceptors (Lipinski definition) is 4. The minimum absolute atomic E-state index is 0.0684. The number of ether oxygens (including phenoxy) is 1. The zero-order valence-corrected chi connectivity index (χ0v) is 17.4. The van der Waals surface area contributed by atoms with Crippen molar-refractivity contribution >= 4 is 23.4 Å². The zero-order chi connectivity index (χ0) is 24.0. The highest BCUT2D eigenvalue weighted by Gasteiger charge is 2.38. The van der Waals surface area contributed by atoms with Crippen molar-refractivity contribution in [3.63, 3.8) is 0 Å². The quantitative estimate of drug-likeness (QED) is 0.523. The van der Waals surface area contributed by atoms with Gasteiger partial charge in [0.1, 0.15) is 5.82 Å². The van der Waals surface area contributed by atoms with E-state index in [-0.39, 0.29) is 18.1 Å². The van der Waals surface area contributed by atoms with E-state index in [2.05, 4.69) is 0 Å². The first-order chi connectivity index (χ1) is 15.6. The van der Waals surface area contributed by atoms with Crippen LogP contribution in [0.15, 0.2) is 48.5 Å². The number of nitrogens with zero attached hydrogens (tertiary/aromatic N) is 2. The predicted octanol–water partition coefficient (Wildman–Crippen LogP) is 3.15. The van der Waals surface area contributed by atoms with Crippen molar-refractivity contribution in [1.29, 1.82) is 0 Å². The van der Waals surface area contributed by atoms with Gasteiger partial charge in [-0.2, -0.15) is 13.2 Å². The highest BCUT2D eigenvalue weighted by atomic mass is 19.4. The largest absolute Gasteiger partial charge is 0.471 e. The van der Waals surface area contributed by atoms with Crippen molar-refractivity contribution in [1.82, 2.24) is 10.2 Å². The van der Waals surface area contributed by atoms with Gasteiger partial charge in [0.05, 0.1) is 26.3 Å². The number of nitrogens with one attached hydrogen (secondary N) is 1. The summed E-state index contributed by atoms with van der Waals surface area (Å²) in [5, 5.41) is 1.53. The smallest absolute Gasteiger partial charge is 0.378 e. The second-order valence-corrected chi connectivity index (χ2v) is 7.25. The lowest BCUT2D eigenvalue weighted by Gasteiger charge is -2.33. The molecule has 11 heteroatoms. The van der Waals surface area contributed by atoms with Gasteiger partial charge in [0.25, 0.3) is 0 Å². The third-order valence-electron chi connectivity index (χ3n) is 4.92. The average Bonchev–Trinajstić information content (AvgIpc) is 2.80. The molecule has 1 saturated heterocycles. The molecular formula is C22H21F4N3O4. The molecule has 0 bridgehead atoms. The molecule has 1 N–H and O–H groups in total. The number of amides is 3. The second-order valence-electron chi connectivity index (χ2n) is 7.25. The number of anilines is 1. The zero-order valence-electron chi connectivity index (χ0n) is 17.4. The molecule has 2 aromatic carbocycles. The van der Waals surface area contributed by atoms with Crippen LogP contribution in [0, 0.1) is 5.82 Å². The van der Waals surface area contributed by atoms with E-state index in [9.17, 15) is 31.9 Å². The van der Waals surface area contributed by atoms with Gasteiger partial charge in [0.2, 0.25) is 0 Å². The van der Waals surface area contributed by atoms with E-state index >= 15 is 0 Å². The van der Waals surface area contributed by atoms with Gasteiger partial charge >= 0.3 is 18.1 Å². The number of ketones is 1. The standard InChI is InChI=1S/C22H21F4N3O4/c23-17-2-1-3-18(12-17)29(21(32)28-8-10-33-11-9-28)14-15-4-6-16(7-5-15)19(30)13-27-20(31)22(24,25)26/h1-7,12H,8-11,13-14H2,(H,27,31). The number of carbonyl (C=O) groups excluding carboxylic acids is 3. The average molecular weight is 467 g/mol. The lowest BCUT2D eigenvalue weighted by atomic mass is 10.1. The van der Waals surface area contributed by atoms with Crippen LogP contribution < -0.4 is 10.2 Å². The molecule has 0 spiro atoms. The molecule has 0 unspecified atom stereocenters. The van der Waals surface area contributed by atoms with E-state index in [1.54, 1.807) is 11.0 Å². The van der Waals surface area contributed by atoms with Crippen molar-refractivity contribution in [2.45, 2.75) is 12.7 Å². The minimum Gasteiger partial charge on any atom is -0.378 e. The van der Waals surface area contributed by atoms with Crippen LogP contribution in [0.3, 0.4) is 0 Å². The lowest BCUT2D eigenvalue weighted by molar-refractivity contribution is -0.173. The highest BCUT2D eigenvalue weighted by molar-refractivity contribution is 5.99. The summed E-state index contributed by atoms with van der Waals surface area (Å²) in [6.07, 6.45) is -5.07. The molecule has 7 nitrogen and oxygen atoms in total. The summed E-state index contributed by atoms with van der Waals surface area (Å²) in [6.45, 7) is 0.833. The second kappa shape index (κ2) is 10.4. The fourth-order valence-electron chi connectivity index (χ4n) is 3.18. The van der Waals surface area contributed by atoms with Crippen molar-refractivity contribution < 1.29 is 36.7 Å². The van der Waals surface area contributed by atoms with Gasteiger partial charge in [-0.15, -0.1) is 0 Å². The Morgan fingerprint density at radius 2 is 1.70 bits per heavy atom. The maximum atomic E-state index is 13.8. The van der Waals surface area contributed by atoms with Crippen LogP contribution in [0.4, 0.5) is 28.0 Å². The van der Waals surface area contributed by atoms with Gasteiger partial charge in [-0.25, -0.2) is 9.18 Å². The molecule has 33 heavy (non-hydrogen) atoms. The van der Waals surface area contributed by atoms with Gasteiger partial charge < -0.3 is 15.0 Å². The Labute approximate surface area is 186 Å². The van der Waals surface area contributed by atoms with Crippen LogP contribution in [0.2, 0.25) is 0 Å². The van der Waals surface area contributed by atoms with Crippen molar-refractivity contribution in [3.05, 3.63) is 65.5 Å². The maximum absolute atomic E-state index is 13.8. The van der Waals surface area contributed by atoms with E-state index in [0.29, 0.717) is 37.6 Å². The molecule has 1 aliphatic rings. The summed E-state index contributed by atoms with van der Waals surface area (Å²) < 4.78 is 55.8. The van der Waals surface area contributed by atoms with E-state index < -0.39 is 30.2 Å². The van der Waals surface area contributed by atoms with E-state index in [1.165, 1.54) is 52.7 Å². The predicted molar refractivity (Wildman–Crippen MR) is 110 cm³/mol. The Morgan fingerprint density at radius 3 is 2.30 bits per heavy atom. The Hall–Kier alpha value is -3.47. The highest BCUT2D eigenvalue weighted by Crippen LogP contribution is 2.21. The molecule has 0 aliphatic carbocycles. The summed E-state index contributed by atoms with van der Waals surface area (Å²) >= 11 is 0. The number of benzene rings is 2. The Bertz CT molecular complexity index is 1010. The monoisotopic (exact) mass is 467 g/mol. The first-order valence-corrected chi connectivity index (χ1v) is 10.0. The third-order valence-corrected chi connectivity index (χ3v) is 4.92. The molecule has 3 amide bonds. The van der Waals surface area contributed by atoms with Crippen LogP contribution in [-0.4, -0.2) is 61.6 Å². The first-order valence-electron chi connectivity index (χ1n) is 10.0. The lowest BCUT2D eigenvalue weighted by Crippen LogP contribution is -2.48. The molecule has 0 atom stereocenters. The summed E-state index contributed by atoms with van der Waals surface area (Å²) in [5.74, 6) is -3.40. The Balaban J connectivity index is 1.72. The number of rotatable bonds is 6. The van der Waals surface area contributed by atoms with Crippen molar-refractivity contribution in [2.75, 3.05) is 37.7 Å². The molecule has 2 aromatic rings.